The number of rotatable bonds is 11. The third-order valence-electron chi connectivity index (χ3n) is 7.11. The average Bonchev–Trinajstić information content (AvgIpc) is 2.78. The molecular formula is C29H43NO5S. The number of ether oxygens (including phenoxy) is 1. The number of nitrogens with one attached hydrogen (secondary N) is 1. The van der Waals surface area contributed by atoms with E-state index < -0.39 is 15.9 Å². The van der Waals surface area contributed by atoms with Crippen LogP contribution in [0.4, 0.5) is 0 Å². The van der Waals surface area contributed by atoms with E-state index in [1.165, 1.54) is 5.56 Å². The van der Waals surface area contributed by atoms with Crippen LogP contribution in [0.5, 0.6) is 5.75 Å². The van der Waals surface area contributed by atoms with E-state index >= 15 is 0 Å². The van der Waals surface area contributed by atoms with E-state index in [1.807, 2.05) is 52.8 Å². The standard InChI is InChI=1S/C29H43NO5S/c1-9-29(10-2,23-12-14-25(21(4)18-23)35-19-26(31)28(5,6)7)22-11-13-24(20(3)17-22)27(32)30-15-16-36(8,33)34/h11-14,17-18,26,31H,9-10,15-16,19H2,1-8H3,(H,30,32). The molecule has 0 aromatic heterocycles. The molecule has 1 amide bonds. The second kappa shape index (κ2) is 11.8. The van der Waals surface area contributed by atoms with Gasteiger partial charge in [0.15, 0.2) is 0 Å². The predicted octanol–water partition coefficient (Wildman–Crippen LogP) is 4.97. The quantitative estimate of drug-likeness (QED) is 0.439. The van der Waals surface area contributed by atoms with Gasteiger partial charge in [-0.3, -0.25) is 4.79 Å². The van der Waals surface area contributed by atoms with Gasteiger partial charge >= 0.3 is 0 Å². The van der Waals surface area contributed by atoms with Gasteiger partial charge in [-0.15, -0.1) is 0 Å². The summed E-state index contributed by atoms with van der Waals surface area (Å²) in [5.41, 5.74) is 4.24. The summed E-state index contributed by atoms with van der Waals surface area (Å²) in [5.74, 6) is 0.412. The minimum atomic E-state index is -3.13. The van der Waals surface area contributed by atoms with Crippen LogP contribution < -0.4 is 10.1 Å². The molecule has 1 unspecified atom stereocenters. The molecule has 0 bridgehead atoms. The molecule has 0 aliphatic carbocycles. The highest BCUT2D eigenvalue weighted by Crippen LogP contribution is 2.41. The van der Waals surface area contributed by atoms with Gasteiger partial charge in [-0.1, -0.05) is 58.9 Å². The van der Waals surface area contributed by atoms with Gasteiger partial charge in [0.05, 0.1) is 11.9 Å². The maximum Gasteiger partial charge on any atom is 0.251 e. The Hall–Kier alpha value is -2.38. The molecule has 36 heavy (non-hydrogen) atoms. The Morgan fingerprint density at radius 1 is 1.00 bits per heavy atom. The summed E-state index contributed by atoms with van der Waals surface area (Å²) in [5, 5.41) is 13.0. The molecule has 2 rings (SSSR count). The number of carbonyl (C=O) groups is 1. The molecule has 0 saturated heterocycles. The first-order valence-corrected chi connectivity index (χ1v) is 14.7. The zero-order valence-corrected chi connectivity index (χ0v) is 23.9. The Labute approximate surface area is 217 Å². The van der Waals surface area contributed by atoms with Crippen LogP contribution >= 0.6 is 0 Å². The van der Waals surface area contributed by atoms with Crippen LogP contribution in [-0.2, 0) is 15.3 Å². The molecule has 1 atom stereocenters. The van der Waals surface area contributed by atoms with E-state index in [1.54, 1.807) is 0 Å². The molecule has 7 heteroatoms. The van der Waals surface area contributed by atoms with Crippen molar-refractivity contribution in [2.24, 2.45) is 5.41 Å². The van der Waals surface area contributed by atoms with Gasteiger partial charge in [0.25, 0.3) is 5.91 Å². The predicted molar refractivity (Wildman–Crippen MR) is 147 cm³/mol. The van der Waals surface area contributed by atoms with Gasteiger partial charge in [0.2, 0.25) is 0 Å². The molecule has 0 saturated carbocycles. The molecule has 0 heterocycles. The molecule has 0 aliphatic rings. The number of sulfone groups is 1. The number of hydrogen-bond donors (Lipinski definition) is 2. The van der Waals surface area contributed by atoms with Gasteiger partial charge in [-0.25, -0.2) is 8.42 Å². The maximum atomic E-state index is 12.6. The van der Waals surface area contributed by atoms with E-state index in [4.69, 9.17) is 4.74 Å². The highest BCUT2D eigenvalue weighted by atomic mass is 32.2. The van der Waals surface area contributed by atoms with E-state index in [-0.39, 0.29) is 35.6 Å². The maximum absolute atomic E-state index is 12.6. The first-order chi connectivity index (χ1) is 16.6. The number of aliphatic hydroxyl groups excluding tert-OH is 1. The average molecular weight is 518 g/mol. The number of benzene rings is 2. The molecular weight excluding hydrogens is 474 g/mol. The summed E-state index contributed by atoms with van der Waals surface area (Å²) in [6.45, 7) is 14.6. The summed E-state index contributed by atoms with van der Waals surface area (Å²) in [4.78, 5) is 12.6. The molecule has 0 radical (unpaired) electrons. The zero-order chi connectivity index (χ0) is 27.3. The fourth-order valence-corrected chi connectivity index (χ4v) is 4.90. The van der Waals surface area contributed by atoms with Crippen molar-refractivity contribution >= 4 is 15.7 Å². The fraction of sp³-hybridized carbons (Fsp3) is 0.552. The molecule has 0 aliphatic heterocycles. The van der Waals surface area contributed by atoms with E-state index in [9.17, 15) is 18.3 Å². The number of hydrogen-bond acceptors (Lipinski definition) is 5. The second-order valence-electron chi connectivity index (χ2n) is 10.9. The lowest BCUT2D eigenvalue weighted by atomic mass is 9.70. The van der Waals surface area contributed by atoms with Gasteiger partial charge < -0.3 is 15.2 Å². The SMILES string of the molecule is CCC(CC)(c1ccc(OCC(O)C(C)(C)C)c(C)c1)c1ccc(C(=O)NCCS(C)(=O)=O)c(C)c1. The third-order valence-corrected chi connectivity index (χ3v) is 8.06. The number of aliphatic hydroxyl groups is 1. The van der Waals surface area contributed by atoms with Crippen LogP contribution in [0, 0.1) is 19.3 Å². The lowest BCUT2D eigenvalue weighted by molar-refractivity contribution is 0.0216. The molecule has 0 spiro atoms. The molecule has 0 fully saturated rings. The molecule has 200 valence electrons. The van der Waals surface area contributed by atoms with Crippen LogP contribution in [0.3, 0.4) is 0 Å². The van der Waals surface area contributed by atoms with E-state index in [0.29, 0.717) is 5.56 Å². The topological polar surface area (TPSA) is 92.7 Å². The number of carbonyl (C=O) groups excluding carboxylic acids is 1. The van der Waals surface area contributed by atoms with Gasteiger partial charge in [0, 0.05) is 23.8 Å². The smallest absolute Gasteiger partial charge is 0.251 e. The molecule has 2 aromatic carbocycles. The monoisotopic (exact) mass is 517 g/mol. The molecule has 2 aromatic rings. The first kappa shape index (κ1) is 29.8. The van der Waals surface area contributed by atoms with Crippen molar-refractivity contribution in [3.8, 4) is 5.75 Å². The summed E-state index contributed by atoms with van der Waals surface area (Å²) in [6.07, 6.45) is 2.35. The number of amides is 1. The third kappa shape index (κ3) is 7.32. The fourth-order valence-electron chi connectivity index (χ4n) is 4.42. The minimum Gasteiger partial charge on any atom is -0.491 e. The summed E-state index contributed by atoms with van der Waals surface area (Å²) >= 11 is 0. The Morgan fingerprint density at radius 2 is 1.56 bits per heavy atom. The van der Waals surface area contributed by atoms with Crippen LogP contribution in [-0.4, -0.2) is 50.7 Å². The van der Waals surface area contributed by atoms with Crippen molar-refractivity contribution in [1.82, 2.24) is 5.32 Å². The highest BCUT2D eigenvalue weighted by molar-refractivity contribution is 7.90. The van der Waals surface area contributed by atoms with Crippen LogP contribution in [0.2, 0.25) is 0 Å². The summed E-state index contributed by atoms with van der Waals surface area (Å²) in [7, 11) is -3.13. The van der Waals surface area contributed by atoms with Crippen molar-refractivity contribution in [2.45, 2.75) is 72.8 Å². The lowest BCUT2D eigenvalue weighted by Crippen LogP contribution is -2.32. The Morgan fingerprint density at radius 3 is 2.03 bits per heavy atom. The first-order valence-electron chi connectivity index (χ1n) is 12.6. The highest BCUT2D eigenvalue weighted by Gasteiger charge is 2.32. The van der Waals surface area contributed by atoms with Crippen molar-refractivity contribution in [2.75, 3.05) is 25.2 Å². The Balaban J connectivity index is 2.31. The zero-order valence-electron chi connectivity index (χ0n) is 23.1. The minimum absolute atomic E-state index is 0.0844. The van der Waals surface area contributed by atoms with Crippen molar-refractivity contribution < 1.29 is 23.1 Å². The van der Waals surface area contributed by atoms with Crippen molar-refractivity contribution in [3.63, 3.8) is 0 Å². The molecule has 2 N–H and O–H groups in total. The molecule has 6 nitrogen and oxygen atoms in total. The Bertz CT molecular complexity index is 1160. The van der Waals surface area contributed by atoms with Crippen molar-refractivity contribution in [1.29, 1.82) is 0 Å². The van der Waals surface area contributed by atoms with Crippen LogP contribution in [0.25, 0.3) is 0 Å². The Kier molecular flexibility index (Phi) is 9.77. The van der Waals surface area contributed by atoms with Gasteiger partial charge in [-0.2, -0.15) is 0 Å². The normalized spacial score (nSPS) is 13.4. The van der Waals surface area contributed by atoms with Gasteiger partial charge in [-0.05, 0) is 66.5 Å². The number of aryl methyl sites for hydroxylation is 2. The largest absolute Gasteiger partial charge is 0.491 e. The van der Waals surface area contributed by atoms with Crippen molar-refractivity contribution in [3.05, 3.63) is 64.2 Å². The van der Waals surface area contributed by atoms with E-state index in [0.717, 1.165) is 41.5 Å². The van der Waals surface area contributed by atoms with Crippen LogP contribution in [0.1, 0.15) is 80.1 Å². The van der Waals surface area contributed by atoms with Gasteiger partial charge in [0.1, 0.15) is 22.2 Å². The van der Waals surface area contributed by atoms with E-state index in [2.05, 4.69) is 37.4 Å². The van der Waals surface area contributed by atoms with Crippen LogP contribution in [0.15, 0.2) is 36.4 Å². The lowest BCUT2D eigenvalue weighted by Gasteiger charge is -2.34. The second-order valence-corrected chi connectivity index (χ2v) is 13.1. The summed E-state index contributed by atoms with van der Waals surface area (Å²) < 4.78 is 28.7. The summed E-state index contributed by atoms with van der Waals surface area (Å²) in [6, 6.07) is 12.1.